The second kappa shape index (κ2) is 5.21. The van der Waals surface area contributed by atoms with Crippen LogP contribution in [-0.2, 0) is 4.79 Å². The van der Waals surface area contributed by atoms with Gasteiger partial charge in [-0.2, -0.15) is 0 Å². The summed E-state index contributed by atoms with van der Waals surface area (Å²) in [7, 11) is 0. The lowest BCUT2D eigenvalue weighted by atomic mass is 10.0. The summed E-state index contributed by atoms with van der Waals surface area (Å²) in [6.45, 7) is 7.02. The number of amides is 1. The van der Waals surface area contributed by atoms with Gasteiger partial charge in [0.25, 0.3) is 0 Å². The van der Waals surface area contributed by atoms with E-state index in [9.17, 15) is 4.79 Å². The Labute approximate surface area is 121 Å². The summed E-state index contributed by atoms with van der Waals surface area (Å²) >= 11 is 0. The van der Waals surface area contributed by atoms with Crippen LogP contribution in [0.4, 0.5) is 0 Å². The van der Waals surface area contributed by atoms with Crippen molar-refractivity contribution in [1.29, 1.82) is 0 Å². The molecule has 108 valence electrons. The normalized spacial score (nSPS) is 30.2. The number of carbonyl (C=O) groups excluding carboxylic acids is 1. The molecule has 1 heterocycles. The van der Waals surface area contributed by atoms with Crippen LogP contribution in [0.3, 0.4) is 0 Å². The number of rotatable bonds is 2. The van der Waals surface area contributed by atoms with E-state index in [1.54, 1.807) is 0 Å². The molecule has 0 aromatic heterocycles. The molecule has 2 aliphatic rings. The maximum atomic E-state index is 12.3. The number of hydrogen-bond donors (Lipinski definition) is 1. The minimum atomic E-state index is 0.0680. The average Bonchev–Trinajstić information content (AvgIpc) is 2.96. The first kappa shape index (κ1) is 13.6. The summed E-state index contributed by atoms with van der Waals surface area (Å²) in [5.74, 6) is 1.00. The van der Waals surface area contributed by atoms with Crippen molar-refractivity contribution in [1.82, 2.24) is 10.2 Å². The van der Waals surface area contributed by atoms with Gasteiger partial charge >= 0.3 is 0 Å². The molecule has 2 fully saturated rings. The molecule has 0 bridgehead atoms. The van der Waals surface area contributed by atoms with E-state index < -0.39 is 0 Å². The highest BCUT2D eigenvalue weighted by atomic mass is 16.2. The van der Waals surface area contributed by atoms with Crippen LogP contribution in [0.15, 0.2) is 18.2 Å². The van der Waals surface area contributed by atoms with E-state index in [2.05, 4.69) is 49.2 Å². The van der Waals surface area contributed by atoms with Gasteiger partial charge in [-0.3, -0.25) is 10.1 Å². The maximum absolute atomic E-state index is 12.3. The Kier molecular flexibility index (Phi) is 3.55. The van der Waals surface area contributed by atoms with Crippen molar-refractivity contribution in [3.8, 4) is 0 Å². The van der Waals surface area contributed by atoms with Crippen molar-refractivity contribution in [3.05, 3.63) is 34.9 Å². The van der Waals surface area contributed by atoms with Crippen LogP contribution < -0.4 is 5.32 Å². The number of hydrogen-bond acceptors (Lipinski definition) is 2. The monoisotopic (exact) mass is 272 g/mol. The molecule has 1 N–H and O–H groups in total. The zero-order valence-corrected chi connectivity index (χ0v) is 12.6. The molecule has 0 radical (unpaired) electrons. The molecule has 3 atom stereocenters. The van der Waals surface area contributed by atoms with E-state index >= 15 is 0 Å². The molecule has 20 heavy (non-hydrogen) atoms. The van der Waals surface area contributed by atoms with Crippen LogP contribution in [0.2, 0.25) is 0 Å². The molecular formula is C17H24N2O. The Morgan fingerprint density at radius 2 is 2.05 bits per heavy atom. The molecule has 3 unspecified atom stereocenters. The van der Waals surface area contributed by atoms with Crippen LogP contribution in [0, 0.1) is 19.8 Å². The molecule has 1 aromatic carbocycles. The van der Waals surface area contributed by atoms with Crippen molar-refractivity contribution < 1.29 is 4.79 Å². The van der Waals surface area contributed by atoms with Crippen LogP contribution in [0.5, 0.6) is 0 Å². The summed E-state index contributed by atoms with van der Waals surface area (Å²) in [4.78, 5) is 14.4. The third-order valence-corrected chi connectivity index (χ3v) is 4.79. The largest absolute Gasteiger partial charge is 0.319 e. The van der Waals surface area contributed by atoms with Crippen molar-refractivity contribution in [2.75, 3.05) is 6.54 Å². The predicted octanol–water partition coefficient (Wildman–Crippen LogP) is 2.92. The lowest BCUT2D eigenvalue weighted by molar-refractivity contribution is -0.130. The van der Waals surface area contributed by atoms with Crippen LogP contribution in [-0.4, -0.2) is 23.4 Å². The van der Waals surface area contributed by atoms with Crippen molar-refractivity contribution >= 4 is 5.91 Å². The number of nitrogens with one attached hydrogen (secondary N) is 1. The third kappa shape index (κ3) is 2.35. The predicted molar refractivity (Wildman–Crippen MR) is 80.3 cm³/mol. The lowest BCUT2D eigenvalue weighted by Gasteiger charge is -2.31. The quantitative estimate of drug-likeness (QED) is 0.898. The van der Waals surface area contributed by atoms with Crippen molar-refractivity contribution in [2.45, 2.75) is 52.2 Å². The molecule has 3 heteroatoms. The minimum Gasteiger partial charge on any atom is -0.319 e. The molecule has 3 rings (SSSR count). The van der Waals surface area contributed by atoms with Gasteiger partial charge in [-0.25, -0.2) is 0 Å². The molecular weight excluding hydrogens is 248 g/mol. The van der Waals surface area contributed by atoms with Gasteiger partial charge in [0.15, 0.2) is 0 Å². The first-order valence-electron chi connectivity index (χ1n) is 7.68. The zero-order chi connectivity index (χ0) is 14.3. The van der Waals surface area contributed by atoms with Crippen molar-refractivity contribution in [3.63, 3.8) is 0 Å². The van der Waals surface area contributed by atoms with E-state index in [1.807, 2.05) is 0 Å². The van der Waals surface area contributed by atoms with Crippen molar-refractivity contribution in [2.24, 2.45) is 5.92 Å². The number of aryl methyl sites for hydroxylation is 2. The fourth-order valence-corrected chi connectivity index (χ4v) is 3.75. The van der Waals surface area contributed by atoms with Gasteiger partial charge in [0, 0.05) is 6.04 Å². The van der Waals surface area contributed by atoms with E-state index in [-0.39, 0.29) is 12.1 Å². The standard InChI is InChI=1S/C17H24N2O/c1-11-5-7-15(13(3)8-11)17-18-10-16(20)19(17)14-6-4-12(2)9-14/h5,7-8,12,14,17-18H,4,6,9-10H2,1-3H3. The highest BCUT2D eigenvalue weighted by Gasteiger charge is 2.39. The van der Waals surface area contributed by atoms with Crippen LogP contribution >= 0.6 is 0 Å². The van der Waals surface area contributed by atoms with Gasteiger partial charge in [0.2, 0.25) is 5.91 Å². The van der Waals surface area contributed by atoms with E-state index in [1.165, 1.54) is 23.1 Å². The van der Waals surface area contributed by atoms with Gasteiger partial charge < -0.3 is 4.90 Å². The van der Waals surface area contributed by atoms with E-state index in [0.29, 0.717) is 12.6 Å². The Hall–Kier alpha value is -1.35. The van der Waals surface area contributed by atoms with Gasteiger partial charge in [-0.05, 0) is 50.2 Å². The Bertz CT molecular complexity index is 526. The number of nitrogens with zero attached hydrogens (tertiary/aromatic N) is 1. The van der Waals surface area contributed by atoms with Crippen LogP contribution in [0.1, 0.15) is 49.0 Å². The van der Waals surface area contributed by atoms with Crippen LogP contribution in [0.25, 0.3) is 0 Å². The van der Waals surface area contributed by atoms with Gasteiger partial charge in [0.1, 0.15) is 6.17 Å². The summed E-state index contributed by atoms with van der Waals surface area (Å²) in [5, 5.41) is 3.40. The Morgan fingerprint density at radius 1 is 1.25 bits per heavy atom. The average molecular weight is 272 g/mol. The highest BCUT2D eigenvalue weighted by Crippen LogP contribution is 2.36. The van der Waals surface area contributed by atoms with Gasteiger partial charge in [0.05, 0.1) is 6.54 Å². The van der Waals surface area contributed by atoms with E-state index in [4.69, 9.17) is 0 Å². The number of carbonyl (C=O) groups is 1. The molecule has 1 aliphatic carbocycles. The second-order valence-corrected chi connectivity index (χ2v) is 6.52. The first-order chi connectivity index (χ1) is 9.56. The molecule has 3 nitrogen and oxygen atoms in total. The van der Waals surface area contributed by atoms with Gasteiger partial charge in [-0.15, -0.1) is 0 Å². The fraction of sp³-hybridized carbons (Fsp3) is 0.588. The molecule has 1 saturated heterocycles. The summed E-state index contributed by atoms with van der Waals surface area (Å²) in [6.07, 6.45) is 3.61. The smallest absolute Gasteiger partial charge is 0.238 e. The molecule has 1 amide bonds. The summed E-state index contributed by atoms with van der Waals surface area (Å²) < 4.78 is 0. The third-order valence-electron chi connectivity index (χ3n) is 4.79. The molecule has 0 spiro atoms. The maximum Gasteiger partial charge on any atom is 0.238 e. The Balaban J connectivity index is 1.89. The lowest BCUT2D eigenvalue weighted by Crippen LogP contribution is -2.38. The van der Waals surface area contributed by atoms with Gasteiger partial charge in [-0.1, -0.05) is 30.7 Å². The molecule has 1 saturated carbocycles. The zero-order valence-electron chi connectivity index (χ0n) is 12.6. The SMILES string of the molecule is Cc1ccc(C2NCC(=O)N2C2CCC(C)C2)c(C)c1. The summed E-state index contributed by atoms with van der Waals surface area (Å²) in [5.41, 5.74) is 3.80. The minimum absolute atomic E-state index is 0.0680. The topological polar surface area (TPSA) is 32.3 Å². The molecule has 1 aromatic rings. The first-order valence-corrected chi connectivity index (χ1v) is 7.68. The fourth-order valence-electron chi connectivity index (χ4n) is 3.75. The molecule has 1 aliphatic heterocycles. The summed E-state index contributed by atoms with van der Waals surface area (Å²) in [6, 6.07) is 6.93. The second-order valence-electron chi connectivity index (χ2n) is 6.52. The number of benzene rings is 1. The Morgan fingerprint density at radius 3 is 2.70 bits per heavy atom. The highest BCUT2D eigenvalue weighted by molar-refractivity contribution is 5.81. The van der Waals surface area contributed by atoms with E-state index in [0.717, 1.165) is 18.8 Å².